The van der Waals surface area contributed by atoms with E-state index in [1.54, 1.807) is 53.5 Å². The summed E-state index contributed by atoms with van der Waals surface area (Å²) in [6.07, 6.45) is 5.39. The van der Waals surface area contributed by atoms with Gasteiger partial charge >= 0.3 is 6.09 Å². The molecule has 10 heteroatoms. The number of para-hydroxylation sites is 2. The maximum absolute atomic E-state index is 13.7. The number of aromatic nitrogens is 3. The Hall–Kier alpha value is -3.66. The van der Waals surface area contributed by atoms with Gasteiger partial charge in [-0.05, 0) is 58.2 Å². The van der Waals surface area contributed by atoms with Crippen LogP contribution in [0.3, 0.4) is 0 Å². The molecule has 1 fully saturated rings. The van der Waals surface area contributed by atoms with E-state index in [0.29, 0.717) is 31.0 Å². The molecule has 10 nitrogen and oxygen atoms in total. The first-order chi connectivity index (χ1) is 19.2. The number of amides is 2. The van der Waals surface area contributed by atoms with Gasteiger partial charge < -0.3 is 29.0 Å². The van der Waals surface area contributed by atoms with E-state index in [1.807, 2.05) is 23.1 Å². The minimum atomic E-state index is -0.674. The van der Waals surface area contributed by atoms with E-state index in [-0.39, 0.29) is 18.2 Å². The van der Waals surface area contributed by atoms with Crippen LogP contribution in [0.5, 0.6) is 5.75 Å². The van der Waals surface area contributed by atoms with Crippen LogP contribution in [0.2, 0.25) is 0 Å². The zero-order valence-corrected chi connectivity index (χ0v) is 24.2. The normalized spacial score (nSPS) is 16.5. The van der Waals surface area contributed by atoms with Crippen LogP contribution < -0.4 is 10.1 Å². The molecule has 3 aromatic rings. The first-order valence-corrected chi connectivity index (χ1v) is 13.9. The highest BCUT2D eigenvalue weighted by Gasteiger charge is 2.31. The van der Waals surface area contributed by atoms with Crippen molar-refractivity contribution in [2.45, 2.75) is 70.6 Å². The van der Waals surface area contributed by atoms with E-state index < -0.39 is 17.7 Å². The maximum Gasteiger partial charge on any atom is 0.408 e. The van der Waals surface area contributed by atoms with Gasteiger partial charge in [0, 0.05) is 57.2 Å². The SMILES string of the molecule is COCCCn1c([C@@H]2CCCN(C(=O)C[C@H](NC(=O)OC(C)(C)C)c3cnccc3OC)C2)nc2ccccc21. The summed E-state index contributed by atoms with van der Waals surface area (Å²) in [5.74, 6) is 1.61. The third-order valence-electron chi connectivity index (χ3n) is 7.03. The lowest BCUT2D eigenvalue weighted by Crippen LogP contribution is -2.42. The first kappa shape index (κ1) is 29.3. The van der Waals surface area contributed by atoms with Crippen LogP contribution in [0, 0.1) is 0 Å². The van der Waals surface area contributed by atoms with Gasteiger partial charge in [0.15, 0.2) is 0 Å². The molecule has 0 unspecified atom stereocenters. The smallest absolute Gasteiger partial charge is 0.408 e. The molecule has 0 spiro atoms. The lowest BCUT2D eigenvalue weighted by Gasteiger charge is -2.34. The minimum absolute atomic E-state index is 0.0538. The van der Waals surface area contributed by atoms with Crippen molar-refractivity contribution in [1.82, 2.24) is 24.8 Å². The van der Waals surface area contributed by atoms with E-state index in [1.165, 1.54) is 0 Å². The summed E-state index contributed by atoms with van der Waals surface area (Å²) in [6, 6.07) is 9.21. The number of nitrogens with one attached hydrogen (secondary N) is 1. The van der Waals surface area contributed by atoms with Crippen LogP contribution >= 0.6 is 0 Å². The van der Waals surface area contributed by atoms with Crippen molar-refractivity contribution in [1.29, 1.82) is 0 Å². The average molecular weight is 552 g/mol. The number of benzene rings is 1. The summed E-state index contributed by atoms with van der Waals surface area (Å²) in [5, 5.41) is 2.88. The third-order valence-corrected chi connectivity index (χ3v) is 7.03. The fourth-order valence-electron chi connectivity index (χ4n) is 5.26. The molecule has 0 aliphatic carbocycles. The summed E-state index contributed by atoms with van der Waals surface area (Å²) in [4.78, 5) is 37.5. The molecule has 1 aromatic carbocycles. The van der Waals surface area contributed by atoms with Gasteiger partial charge in [0.25, 0.3) is 0 Å². The van der Waals surface area contributed by atoms with Crippen LogP contribution in [0.1, 0.15) is 69.8 Å². The van der Waals surface area contributed by atoms with E-state index in [0.717, 1.165) is 42.7 Å². The van der Waals surface area contributed by atoms with Crippen LogP contribution in [0.15, 0.2) is 42.7 Å². The van der Waals surface area contributed by atoms with Crippen molar-refractivity contribution in [3.05, 3.63) is 54.1 Å². The number of methoxy groups -OCH3 is 2. The lowest BCUT2D eigenvalue weighted by molar-refractivity contribution is -0.133. The van der Waals surface area contributed by atoms with Crippen LogP contribution in [-0.4, -0.2) is 71.0 Å². The zero-order valence-electron chi connectivity index (χ0n) is 24.2. The van der Waals surface area contributed by atoms with Crippen molar-refractivity contribution in [2.24, 2.45) is 0 Å². The molecule has 40 heavy (non-hydrogen) atoms. The van der Waals surface area contributed by atoms with Crippen LogP contribution in [0.4, 0.5) is 4.79 Å². The van der Waals surface area contributed by atoms with Gasteiger partial charge in [-0.25, -0.2) is 9.78 Å². The Balaban J connectivity index is 1.54. The number of nitrogens with zero attached hydrogens (tertiary/aromatic N) is 4. The summed E-state index contributed by atoms with van der Waals surface area (Å²) in [6.45, 7) is 8.09. The molecule has 2 amide bonds. The number of alkyl carbamates (subject to hydrolysis) is 1. The number of carbonyl (C=O) groups is 2. The second-order valence-corrected chi connectivity index (χ2v) is 11.2. The molecule has 1 aliphatic rings. The van der Waals surface area contributed by atoms with Gasteiger partial charge in [-0.1, -0.05) is 12.1 Å². The molecule has 0 radical (unpaired) electrons. The Bertz CT molecular complexity index is 1300. The summed E-state index contributed by atoms with van der Waals surface area (Å²) < 4.78 is 18.6. The Kier molecular flexibility index (Phi) is 9.63. The number of rotatable bonds is 10. The quantitative estimate of drug-likeness (QED) is 0.359. The number of fused-ring (bicyclic) bond motifs is 1. The molecule has 1 aliphatic heterocycles. The monoisotopic (exact) mass is 551 g/mol. The molecular weight excluding hydrogens is 510 g/mol. The number of hydrogen-bond donors (Lipinski definition) is 1. The number of pyridine rings is 1. The summed E-state index contributed by atoms with van der Waals surface area (Å²) >= 11 is 0. The fraction of sp³-hybridized carbons (Fsp3) is 0.533. The predicted molar refractivity (Wildman–Crippen MR) is 152 cm³/mol. The van der Waals surface area contributed by atoms with Crippen molar-refractivity contribution in [3.8, 4) is 5.75 Å². The number of piperidine rings is 1. The minimum Gasteiger partial charge on any atom is -0.496 e. The molecular formula is C30H41N5O5. The van der Waals surface area contributed by atoms with Gasteiger partial charge in [0.2, 0.25) is 5.91 Å². The molecule has 1 N–H and O–H groups in total. The van der Waals surface area contributed by atoms with Gasteiger partial charge in [-0.3, -0.25) is 9.78 Å². The fourth-order valence-corrected chi connectivity index (χ4v) is 5.26. The number of carbonyl (C=O) groups excluding carboxylic acids is 2. The van der Waals surface area contributed by atoms with Crippen molar-refractivity contribution < 1.29 is 23.8 Å². The van der Waals surface area contributed by atoms with Gasteiger partial charge in [0.05, 0.1) is 30.6 Å². The zero-order chi connectivity index (χ0) is 28.7. The van der Waals surface area contributed by atoms with Crippen LogP contribution in [0.25, 0.3) is 11.0 Å². The molecule has 2 aromatic heterocycles. The highest BCUT2D eigenvalue weighted by molar-refractivity contribution is 5.79. The molecule has 0 saturated carbocycles. The van der Waals surface area contributed by atoms with Gasteiger partial charge in [-0.2, -0.15) is 0 Å². The van der Waals surface area contributed by atoms with E-state index in [9.17, 15) is 9.59 Å². The number of hydrogen-bond acceptors (Lipinski definition) is 7. The van der Waals surface area contributed by atoms with E-state index in [2.05, 4.69) is 20.9 Å². The van der Waals surface area contributed by atoms with Crippen molar-refractivity contribution in [2.75, 3.05) is 33.9 Å². The first-order valence-electron chi connectivity index (χ1n) is 13.9. The standard InChI is InChI=1S/C30H41N5O5/c1-30(2,3)40-29(37)33-24(22-19-31-14-13-26(22)39-5)18-27(36)34-15-8-10-21(20-34)28-32-23-11-6-7-12-25(23)35(28)16-9-17-38-4/h6-7,11-14,19,21,24H,8-10,15-18,20H2,1-5H3,(H,33,37)/t21-,24+/m1/s1. The van der Waals surface area contributed by atoms with Gasteiger partial charge in [0.1, 0.15) is 17.2 Å². The Morgan fingerprint density at radius 3 is 2.73 bits per heavy atom. The third kappa shape index (κ3) is 7.29. The Labute approximate surface area is 236 Å². The summed E-state index contributed by atoms with van der Waals surface area (Å²) in [7, 11) is 3.27. The number of imidazole rings is 1. The topological polar surface area (TPSA) is 108 Å². The van der Waals surface area contributed by atoms with Crippen molar-refractivity contribution in [3.63, 3.8) is 0 Å². The largest absolute Gasteiger partial charge is 0.496 e. The van der Waals surface area contributed by atoms with E-state index >= 15 is 0 Å². The second-order valence-electron chi connectivity index (χ2n) is 11.2. The molecule has 2 atom stereocenters. The Morgan fingerprint density at radius 2 is 1.98 bits per heavy atom. The number of likely N-dealkylation sites (tertiary alicyclic amines) is 1. The molecule has 216 valence electrons. The molecule has 4 rings (SSSR count). The second kappa shape index (κ2) is 13.1. The van der Waals surface area contributed by atoms with Crippen LogP contribution in [-0.2, 0) is 20.8 Å². The highest BCUT2D eigenvalue weighted by atomic mass is 16.6. The molecule has 3 heterocycles. The number of aryl methyl sites for hydroxylation is 1. The van der Waals surface area contributed by atoms with E-state index in [4.69, 9.17) is 19.2 Å². The van der Waals surface area contributed by atoms with Crippen molar-refractivity contribution >= 4 is 23.0 Å². The lowest BCUT2D eigenvalue weighted by atomic mass is 9.95. The molecule has 1 saturated heterocycles. The number of ether oxygens (including phenoxy) is 3. The Morgan fingerprint density at radius 1 is 1.18 bits per heavy atom. The average Bonchev–Trinajstić information content (AvgIpc) is 3.30. The predicted octanol–water partition coefficient (Wildman–Crippen LogP) is 4.84. The molecule has 0 bridgehead atoms. The maximum atomic E-state index is 13.7. The summed E-state index contributed by atoms with van der Waals surface area (Å²) in [5.41, 5.74) is 2.01. The van der Waals surface area contributed by atoms with Gasteiger partial charge in [-0.15, -0.1) is 0 Å². The highest BCUT2D eigenvalue weighted by Crippen LogP contribution is 2.32.